The van der Waals surface area contributed by atoms with Gasteiger partial charge in [-0.25, -0.2) is 18.7 Å². The number of aromatic amines is 1. The standard InChI is InChI=1S/C22H12F2N4O2S/c23-15-3-2-12(21(25)30)19(24)18(15)20(29)14-8-27-22-13(14)5-11(7-26-22)10-1-4-17-16(6-10)28-9-31-17/h1-9H,(H2,25,30)(H,26,27). The molecule has 0 bridgehead atoms. The van der Waals surface area contributed by atoms with Crippen molar-refractivity contribution in [3.8, 4) is 11.1 Å². The van der Waals surface area contributed by atoms with Crippen LogP contribution >= 0.6 is 11.3 Å². The van der Waals surface area contributed by atoms with Crippen LogP contribution < -0.4 is 5.73 Å². The largest absolute Gasteiger partial charge is 0.366 e. The first-order chi connectivity index (χ1) is 14.9. The van der Waals surface area contributed by atoms with Crippen molar-refractivity contribution in [1.29, 1.82) is 0 Å². The van der Waals surface area contributed by atoms with Crippen molar-refractivity contribution in [3.05, 3.63) is 82.6 Å². The first-order valence-corrected chi connectivity index (χ1v) is 9.95. The van der Waals surface area contributed by atoms with Crippen LogP contribution in [0.1, 0.15) is 26.3 Å². The molecule has 152 valence electrons. The molecular formula is C22H12F2N4O2S. The molecule has 2 aromatic carbocycles. The van der Waals surface area contributed by atoms with Gasteiger partial charge < -0.3 is 10.7 Å². The molecule has 5 aromatic rings. The summed E-state index contributed by atoms with van der Waals surface area (Å²) in [5, 5.41) is 0.393. The first kappa shape index (κ1) is 19.0. The molecular weight excluding hydrogens is 422 g/mol. The van der Waals surface area contributed by atoms with E-state index in [9.17, 15) is 18.4 Å². The Morgan fingerprint density at radius 1 is 1.00 bits per heavy atom. The van der Waals surface area contributed by atoms with E-state index in [1.165, 1.54) is 17.5 Å². The first-order valence-electron chi connectivity index (χ1n) is 9.07. The number of carbonyl (C=O) groups is 2. The van der Waals surface area contributed by atoms with E-state index in [0.717, 1.165) is 27.9 Å². The number of hydrogen-bond acceptors (Lipinski definition) is 5. The number of H-pyrrole nitrogens is 1. The number of halogens is 2. The summed E-state index contributed by atoms with van der Waals surface area (Å²) >= 11 is 1.52. The predicted molar refractivity (Wildman–Crippen MR) is 113 cm³/mol. The Morgan fingerprint density at radius 2 is 1.84 bits per heavy atom. The molecule has 0 radical (unpaired) electrons. The van der Waals surface area contributed by atoms with Gasteiger partial charge in [0.2, 0.25) is 5.78 Å². The Kier molecular flexibility index (Phi) is 4.33. The van der Waals surface area contributed by atoms with Crippen LogP contribution in [-0.2, 0) is 0 Å². The minimum Gasteiger partial charge on any atom is -0.366 e. The Hall–Kier alpha value is -3.98. The lowest BCUT2D eigenvalue weighted by Gasteiger charge is -2.07. The van der Waals surface area contributed by atoms with Crippen molar-refractivity contribution in [1.82, 2.24) is 15.0 Å². The van der Waals surface area contributed by atoms with Crippen molar-refractivity contribution in [3.63, 3.8) is 0 Å². The molecule has 3 aromatic heterocycles. The molecule has 0 aliphatic heterocycles. The van der Waals surface area contributed by atoms with Crippen molar-refractivity contribution >= 4 is 44.3 Å². The fraction of sp³-hybridized carbons (Fsp3) is 0. The number of aromatic nitrogens is 3. The molecule has 0 fully saturated rings. The highest BCUT2D eigenvalue weighted by molar-refractivity contribution is 7.16. The summed E-state index contributed by atoms with van der Waals surface area (Å²) in [4.78, 5) is 35.9. The van der Waals surface area contributed by atoms with Crippen LogP contribution in [0.15, 0.2) is 54.3 Å². The molecule has 0 atom stereocenters. The van der Waals surface area contributed by atoms with Gasteiger partial charge in [0.05, 0.1) is 26.9 Å². The number of carbonyl (C=O) groups excluding carboxylic acids is 2. The normalized spacial score (nSPS) is 11.3. The summed E-state index contributed by atoms with van der Waals surface area (Å²) < 4.78 is 30.1. The topological polar surface area (TPSA) is 102 Å². The van der Waals surface area contributed by atoms with Crippen molar-refractivity contribution in [2.45, 2.75) is 0 Å². The highest BCUT2D eigenvalue weighted by atomic mass is 32.1. The molecule has 0 aliphatic carbocycles. The van der Waals surface area contributed by atoms with E-state index >= 15 is 0 Å². The number of benzene rings is 2. The summed E-state index contributed by atoms with van der Waals surface area (Å²) in [5.74, 6) is -4.38. The Bertz CT molecular complexity index is 1520. The Morgan fingerprint density at radius 3 is 2.65 bits per heavy atom. The van der Waals surface area contributed by atoms with Crippen LogP contribution in [0.3, 0.4) is 0 Å². The number of primary amides is 1. The fourth-order valence-electron chi connectivity index (χ4n) is 3.47. The number of ketones is 1. The summed E-state index contributed by atoms with van der Waals surface area (Å²) in [6.45, 7) is 0. The summed E-state index contributed by atoms with van der Waals surface area (Å²) in [6.07, 6.45) is 2.97. The lowest BCUT2D eigenvalue weighted by Crippen LogP contribution is -2.17. The van der Waals surface area contributed by atoms with Crippen LogP contribution in [0.5, 0.6) is 0 Å². The zero-order valence-electron chi connectivity index (χ0n) is 15.6. The van der Waals surface area contributed by atoms with Crippen LogP contribution in [0.4, 0.5) is 8.78 Å². The molecule has 0 saturated heterocycles. The Labute approximate surface area is 177 Å². The Balaban J connectivity index is 1.64. The molecule has 6 nitrogen and oxygen atoms in total. The van der Waals surface area contributed by atoms with Gasteiger partial charge in [-0.1, -0.05) is 6.07 Å². The molecule has 5 rings (SSSR count). The quantitative estimate of drug-likeness (QED) is 0.408. The number of nitrogens with one attached hydrogen (secondary N) is 1. The molecule has 1 amide bonds. The monoisotopic (exact) mass is 434 g/mol. The van der Waals surface area contributed by atoms with E-state index < -0.39 is 34.5 Å². The molecule has 31 heavy (non-hydrogen) atoms. The zero-order chi connectivity index (χ0) is 21.7. The summed E-state index contributed by atoms with van der Waals surface area (Å²) in [7, 11) is 0. The van der Waals surface area contributed by atoms with Crippen molar-refractivity contribution in [2.24, 2.45) is 5.73 Å². The molecule has 0 aliphatic rings. The van der Waals surface area contributed by atoms with Crippen LogP contribution in [0.25, 0.3) is 32.4 Å². The number of hydrogen-bond donors (Lipinski definition) is 2. The smallest absolute Gasteiger partial charge is 0.251 e. The maximum Gasteiger partial charge on any atom is 0.251 e. The number of rotatable bonds is 4. The molecule has 0 saturated carbocycles. The number of thiazole rings is 1. The second kappa shape index (κ2) is 7.06. The minimum absolute atomic E-state index is 0.0264. The van der Waals surface area contributed by atoms with Gasteiger partial charge in [0.15, 0.2) is 0 Å². The number of amides is 1. The minimum atomic E-state index is -1.29. The number of nitrogens with zero attached hydrogens (tertiary/aromatic N) is 2. The zero-order valence-corrected chi connectivity index (χ0v) is 16.5. The average molecular weight is 434 g/mol. The van der Waals surface area contributed by atoms with Gasteiger partial charge in [-0.3, -0.25) is 9.59 Å². The van der Waals surface area contributed by atoms with E-state index in [0.29, 0.717) is 16.6 Å². The number of nitrogens with two attached hydrogens (primary N) is 1. The van der Waals surface area contributed by atoms with Crippen LogP contribution in [-0.4, -0.2) is 26.6 Å². The van der Waals surface area contributed by atoms with Gasteiger partial charge in [-0.05, 0) is 35.9 Å². The lowest BCUT2D eigenvalue weighted by atomic mass is 9.98. The van der Waals surface area contributed by atoms with Gasteiger partial charge in [0.1, 0.15) is 17.3 Å². The predicted octanol–water partition coefficient (Wildman–Crippen LogP) is 4.45. The molecule has 0 unspecified atom stereocenters. The van der Waals surface area contributed by atoms with Crippen LogP contribution in [0.2, 0.25) is 0 Å². The third kappa shape index (κ3) is 3.06. The van der Waals surface area contributed by atoms with Gasteiger partial charge in [-0.15, -0.1) is 11.3 Å². The third-order valence-corrected chi connectivity index (χ3v) is 5.83. The molecule has 9 heteroatoms. The summed E-state index contributed by atoms with van der Waals surface area (Å²) in [5.41, 5.74) is 8.27. The van der Waals surface area contributed by atoms with E-state index in [-0.39, 0.29) is 5.56 Å². The third-order valence-electron chi connectivity index (χ3n) is 5.02. The fourth-order valence-corrected chi connectivity index (χ4v) is 4.13. The van der Waals surface area contributed by atoms with Gasteiger partial charge in [0, 0.05) is 28.9 Å². The second-order valence-electron chi connectivity index (χ2n) is 6.83. The van der Waals surface area contributed by atoms with Crippen molar-refractivity contribution in [2.75, 3.05) is 0 Å². The second-order valence-corrected chi connectivity index (χ2v) is 7.72. The molecule has 3 heterocycles. The summed E-state index contributed by atoms with van der Waals surface area (Å²) in [6, 6.07) is 9.22. The number of fused-ring (bicyclic) bond motifs is 2. The lowest BCUT2D eigenvalue weighted by molar-refractivity contribution is 0.0996. The van der Waals surface area contributed by atoms with E-state index in [2.05, 4.69) is 15.0 Å². The number of pyridine rings is 1. The van der Waals surface area contributed by atoms with Crippen molar-refractivity contribution < 1.29 is 18.4 Å². The molecule has 0 spiro atoms. The van der Waals surface area contributed by atoms with Gasteiger partial charge in [0.25, 0.3) is 5.91 Å². The maximum atomic E-state index is 14.7. The molecule has 3 N–H and O–H groups in total. The van der Waals surface area contributed by atoms with E-state index in [4.69, 9.17) is 5.73 Å². The van der Waals surface area contributed by atoms with Gasteiger partial charge >= 0.3 is 0 Å². The SMILES string of the molecule is NC(=O)c1ccc(F)c(C(=O)c2c[nH]c3ncc(-c4ccc5scnc5c4)cc23)c1F. The average Bonchev–Trinajstić information content (AvgIpc) is 3.39. The highest BCUT2D eigenvalue weighted by Gasteiger charge is 2.25. The van der Waals surface area contributed by atoms with Crippen LogP contribution in [0, 0.1) is 11.6 Å². The van der Waals surface area contributed by atoms with E-state index in [1.807, 2.05) is 18.2 Å². The highest BCUT2D eigenvalue weighted by Crippen LogP contribution is 2.30. The van der Waals surface area contributed by atoms with Gasteiger partial charge in [-0.2, -0.15) is 0 Å². The maximum absolute atomic E-state index is 14.7. The van der Waals surface area contributed by atoms with E-state index in [1.54, 1.807) is 17.8 Å².